The molecule has 1 unspecified atom stereocenters. The summed E-state index contributed by atoms with van der Waals surface area (Å²) in [6, 6.07) is 10.6. The van der Waals surface area contributed by atoms with Crippen LogP contribution in [0.15, 0.2) is 35.3 Å². The largest absolute Gasteiger partial charge is 0.396 e. The molecule has 1 aromatic carbocycles. The Kier molecular flexibility index (Phi) is 12.1. The number of hydrogen-bond donors (Lipinski definition) is 3. The molecule has 23 heavy (non-hydrogen) atoms. The summed E-state index contributed by atoms with van der Waals surface area (Å²) in [5.74, 6) is 0.838. The van der Waals surface area contributed by atoms with Gasteiger partial charge in [-0.15, -0.1) is 24.0 Å². The Hall–Kier alpha value is -0.860. The van der Waals surface area contributed by atoms with Crippen molar-refractivity contribution in [2.24, 2.45) is 4.99 Å². The van der Waals surface area contributed by atoms with Crippen LogP contribution in [0.3, 0.4) is 0 Å². The first kappa shape index (κ1) is 22.1. The minimum absolute atomic E-state index is 0. The Morgan fingerprint density at radius 3 is 2.39 bits per heavy atom. The summed E-state index contributed by atoms with van der Waals surface area (Å²) in [5, 5.41) is 16.2. The Bertz CT molecular complexity index is 439. The lowest BCUT2D eigenvalue weighted by Crippen LogP contribution is -2.43. The van der Waals surface area contributed by atoms with Crippen molar-refractivity contribution in [3.8, 4) is 0 Å². The highest BCUT2D eigenvalue weighted by molar-refractivity contribution is 14.0. The van der Waals surface area contributed by atoms with E-state index in [4.69, 9.17) is 0 Å². The summed E-state index contributed by atoms with van der Waals surface area (Å²) < 4.78 is 0. The van der Waals surface area contributed by atoms with Crippen molar-refractivity contribution in [1.82, 2.24) is 15.5 Å². The maximum Gasteiger partial charge on any atom is 0.191 e. The number of guanidine groups is 1. The molecule has 0 radical (unpaired) electrons. The van der Waals surface area contributed by atoms with Crippen molar-refractivity contribution >= 4 is 29.9 Å². The lowest BCUT2D eigenvalue weighted by molar-refractivity contribution is 0.264. The number of aliphatic imine (C=N–C) groups is 1. The highest BCUT2D eigenvalue weighted by atomic mass is 127. The molecule has 1 atom stereocenters. The zero-order chi connectivity index (χ0) is 16.4. The molecule has 0 bridgehead atoms. The third kappa shape index (κ3) is 8.53. The maximum absolute atomic E-state index is 9.57. The van der Waals surface area contributed by atoms with Crippen molar-refractivity contribution < 1.29 is 5.11 Å². The van der Waals surface area contributed by atoms with Gasteiger partial charge in [0.2, 0.25) is 0 Å². The molecule has 3 N–H and O–H groups in total. The van der Waals surface area contributed by atoms with Gasteiger partial charge in [0.15, 0.2) is 5.96 Å². The molecule has 132 valence electrons. The standard InChI is InChI=1S/C17H30N4O.HI/c1-14(2)21(4)11-10-19-17(18-3)20-12-16(13-22)15-8-6-5-7-9-15;/h5-9,14,16,22H,10-13H2,1-4H3,(H2,18,19,20);1H. The topological polar surface area (TPSA) is 59.9 Å². The van der Waals surface area contributed by atoms with Crippen LogP contribution in [0.5, 0.6) is 0 Å². The molecule has 0 heterocycles. The van der Waals surface area contributed by atoms with Gasteiger partial charge in [-0.1, -0.05) is 30.3 Å². The molecule has 0 aromatic heterocycles. The monoisotopic (exact) mass is 434 g/mol. The first-order valence-electron chi connectivity index (χ1n) is 7.89. The molecule has 1 aromatic rings. The van der Waals surface area contributed by atoms with E-state index >= 15 is 0 Å². The normalized spacial score (nSPS) is 12.9. The van der Waals surface area contributed by atoms with Crippen LogP contribution in [-0.4, -0.2) is 62.3 Å². The maximum atomic E-state index is 9.57. The zero-order valence-electron chi connectivity index (χ0n) is 14.6. The van der Waals surface area contributed by atoms with Crippen LogP contribution in [0, 0.1) is 0 Å². The molecule has 1 rings (SSSR count). The van der Waals surface area contributed by atoms with Gasteiger partial charge in [0, 0.05) is 38.6 Å². The van der Waals surface area contributed by atoms with E-state index < -0.39 is 0 Å². The summed E-state index contributed by atoms with van der Waals surface area (Å²) in [6.45, 7) is 6.92. The Labute approximate surface area is 157 Å². The highest BCUT2D eigenvalue weighted by Crippen LogP contribution is 2.13. The predicted molar refractivity (Wildman–Crippen MR) is 109 cm³/mol. The van der Waals surface area contributed by atoms with E-state index in [2.05, 4.69) is 41.4 Å². The summed E-state index contributed by atoms with van der Waals surface area (Å²) in [6.07, 6.45) is 0. The average Bonchev–Trinajstić information content (AvgIpc) is 2.54. The average molecular weight is 434 g/mol. The van der Waals surface area contributed by atoms with E-state index in [1.54, 1.807) is 7.05 Å². The summed E-state index contributed by atoms with van der Waals surface area (Å²) >= 11 is 0. The van der Waals surface area contributed by atoms with Gasteiger partial charge >= 0.3 is 0 Å². The van der Waals surface area contributed by atoms with Gasteiger partial charge in [0.1, 0.15) is 0 Å². The van der Waals surface area contributed by atoms with E-state index in [0.717, 1.165) is 24.6 Å². The third-order valence-corrected chi connectivity index (χ3v) is 3.87. The molecular weight excluding hydrogens is 403 g/mol. The van der Waals surface area contributed by atoms with E-state index in [1.165, 1.54) is 0 Å². The fourth-order valence-electron chi connectivity index (χ4n) is 2.06. The second-order valence-corrected chi connectivity index (χ2v) is 5.74. The number of rotatable bonds is 8. The number of nitrogens with zero attached hydrogens (tertiary/aromatic N) is 2. The second-order valence-electron chi connectivity index (χ2n) is 5.74. The Balaban J connectivity index is 0.00000484. The van der Waals surface area contributed by atoms with Crippen LogP contribution in [0.25, 0.3) is 0 Å². The smallest absolute Gasteiger partial charge is 0.191 e. The zero-order valence-corrected chi connectivity index (χ0v) is 17.0. The molecule has 0 saturated heterocycles. The Morgan fingerprint density at radius 2 is 1.87 bits per heavy atom. The molecule has 0 fully saturated rings. The Morgan fingerprint density at radius 1 is 1.22 bits per heavy atom. The lowest BCUT2D eigenvalue weighted by atomic mass is 10.0. The van der Waals surface area contributed by atoms with Gasteiger partial charge in [0.25, 0.3) is 0 Å². The number of aliphatic hydroxyl groups is 1. The molecule has 5 nitrogen and oxygen atoms in total. The summed E-state index contributed by atoms with van der Waals surface area (Å²) in [4.78, 5) is 6.50. The van der Waals surface area contributed by atoms with Crippen molar-refractivity contribution in [3.05, 3.63) is 35.9 Å². The van der Waals surface area contributed by atoms with Gasteiger partial charge in [-0.2, -0.15) is 0 Å². The first-order valence-corrected chi connectivity index (χ1v) is 7.89. The van der Waals surface area contributed by atoms with Gasteiger partial charge in [-0.05, 0) is 26.5 Å². The van der Waals surface area contributed by atoms with Gasteiger partial charge in [0.05, 0.1) is 6.61 Å². The second kappa shape index (κ2) is 12.5. The molecule has 6 heteroatoms. The van der Waals surface area contributed by atoms with Crippen molar-refractivity contribution in [2.75, 3.05) is 40.3 Å². The molecule has 0 spiro atoms. The number of aliphatic hydroxyl groups excluding tert-OH is 1. The van der Waals surface area contributed by atoms with Crippen LogP contribution < -0.4 is 10.6 Å². The third-order valence-electron chi connectivity index (χ3n) is 3.87. The fourth-order valence-corrected chi connectivity index (χ4v) is 2.06. The van der Waals surface area contributed by atoms with Crippen LogP contribution in [0.2, 0.25) is 0 Å². The van der Waals surface area contributed by atoms with Crippen LogP contribution in [0.1, 0.15) is 25.3 Å². The van der Waals surface area contributed by atoms with Gasteiger partial charge in [-0.3, -0.25) is 4.99 Å². The van der Waals surface area contributed by atoms with Crippen LogP contribution in [0.4, 0.5) is 0 Å². The van der Waals surface area contributed by atoms with E-state index in [9.17, 15) is 5.11 Å². The summed E-state index contributed by atoms with van der Waals surface area (Å²) in [7, 11) is 3.87. The molecular formula is C17H31IN4O. The predicted octanol–water partition coefficient (Wildman–Crippen LogP) is 1.89. The van der Waals surface area contributed by atoms with Gasteiger partial charge in [-0.25, -0.2) is 0 Å². The first-order chi connectivity index (χ1) is 10.6. The molecule has 0 aliphatic carbocycles. The minimum Gasteiger partial charge on any atom is -0.396 e. The number of hydrogen-bond acceptors (Lipinski definition) is 3. The number of likely N-dealkylation sites (N-methyl/N-ethyl adjacent to an activating group) is 1. The van der Waals surface area contributed by atoms with E-state index in [0.29, 0.717) is 12.6 Å². The molecule has 0 aliphatic rings. The minimum atomic E-state index is 0. The number of halogens is 1. The fraction of sp³-hybridized carbons (Fsp3) is 0.588. The van der Waals surface area contributed by atoms with Crippen LogP contribution >= 0.6 is 24.0 Å². The number of benzene rings is 1. The van der Waals surface area contributed by atoms with Gasteiger partial charge < -0.3 is 20.6 Å². The molecule has 0 amide bonds. The molecule has 0 saturated carbocycles. The SMILES string of the molecule is CN=C(NCCN(C)C(C)C)NCC(CO)c1ccccc1.I. The van der Waals surface area contributed by atoms with Crippen molar-refractivity contribution in [3.63, 3.8) is 0 Å². The summed E-state index contributed by atoms with van der Waals surface area (Å²) in [5.41, 5.74) is 1.13. The quantitative estimate of drug-likeness (QED) is 0.332. The van der Waals surface area contributed by atoms with E-state index in [1.807, 2.05) is 30.3 Å². The van der Waals surface area contributed by atoms with Crippen molar-refractivity contribution in [1.29, 1.82) is 0 Å². The van der Waals surface area contributed by atoms with Crippen LogP contribution in [-0.2, 0) is 0 Å². The van der Waals surface area contributed by atoms with Crippen molar-refractivity contribution in [2.45, 2.75) is 25.8 Å². The number of nitrogens with one attached hydrogen (secondary N) is 2. The van der Waals surface area contributed by atoms with E-state index in [-0.39, 0.29) is 36.5 Å². The highest BCUT2D eigenvalue weighted by Gasteiger charge is 2.11. The lowest BCUT2D eigenvalue weighted by Gasteiger charge is -2.22. The molecule has 0 aliphatic heterocycles.